The zero-order chi connectivity index (χ0) is 14.6. The van der Waals surface area contributed by atoms with E-state index in [4.69, 9.17) is 10.5 Å². The lowest BCUT2D eigenvalue weighted by Gasteiger charge is -2.29. The average Bonchev–Trinajstić information content (AvgIpc) is 2.31. The van der Waals surface area contributed by atoms with Gasteiger partial charge in [0.15, 0.2) is 0 Å². The van der Waals surface area contributed by atoms with Crippen LogP contribution in [0.3, 0.4) is 0 Å². The first-order valence-corrected chi connectivity index (χ1v) is 6.43. The van der Waals surface area contributed by atoms with Crippen LogP contribution < -0.4 is 11.1 Å². The van der Waals surface area contributed by atoms with E-state index in [0.717, 1.165) is 5.56 Å². The van der Waals surface area contributed by atoms with E-state index in [2.05, 4.69) is 26.1 Å². The van der Waals surface area contributed by atoms with Crippen LogP contribution in [0.15, 0.2) is 18.2 Å². The normalized spacial score (nSPS) is 13.1. The van der Waals surface area contributed by atoms with Crippen molar-refractivity contribution in [1.29, 1.82) is 0 Å². The third kappa shape index (κ3) is 4.24. The smallest absolute Gasteiger partial charge is 0.251 e. The largest absolute Gasteiger partial charge is 0.399 e. The van der Waals surface area contributed by atoms with E-state index >= 15 is 0 Å². The number of methoxy groups -OCH3 is 1. The molecule has 0 heterocycles. The number of hydrogen-bond donors (Lipinski definition) is 2. The molecule has 0 saturated heterocycles. The lowest BCUT2D eigenvalue weighted by atomic mass is 9.89. The van der Waals surface area contributed by atoms with E-state index in [1.807, 2.05) is 13.0 Å². The van der Waals surface area contributed by atoms with Crippen molar-refractivity contribution in [3.63, 3.8) is 0 Å². The van der Waals surface area contributed by atoms with E-state index in [0.29, 0.717) is 17.8 Å². The zero-order valence-corrected chi connectivity index (χ0v) is 12.4. The summed E-state index contributed by atoms with van der Waals surface area (Å²) in [6.07, 6.45) is -0.0298. The van der Waals surface area contributed by atoms with E-state index in [1.165, 1.54) is 0 Å². The molecule has 0 fully saturated rings. The van der Waals surface area contributed by atoms with Gasteiger partial charge in [-0.05, 0) is 30.0 Å². The summed E-state index contributed by atoms with van der Waals surface area (Å²) in [7, 11) is 1.66. The van der Waals surface area contributed by atoms with Crippen LogP contribution in [-0.4, -0.2) is 25.7 Å². The molecule has 0 bridgehead atoms. The summed E-state index contributed by atoms with van der Waals surface area (Å²) in [6.45, 7) is 8.62. The molecule has 1 atom stereocenters. The Labute approximate surface area is 115 Å². The highest BCUT2D eigenvalue weighted by Gasteiger charge is 2.25. The second kappa shape index (κ2) is 6.06. The van der Waals surface area contributed by atoms with Gasteiger partial charge in [0.1, 0.15) is 0 Å². The van der Waals surface area contributed by atoms with Crippen molar-refractivity contribution in [3.8, 4) is 0 Å². The fraction of sp³-hybridized carbons (Fsp3) is 0.533. The molecule has 0 aliphatic heterocycles. The first-order chi connectivity index (χ1) is 8.75. The first kappa shape index (κ1) is 15.5. The highest BCUT2D eigenvalue weighted by molar-refractivity contribution is 5.96. The number of nitrogen functional groups attached to an aromatic ring is 1. The molecule has 1 amide bonds. The van der Waals surface area contributed by atoms with Gasteiger partial charge in [-0.25, -0.2) is 0 Å². The Kier molecular flexibility index (Phi) is 4.95. The summed E-state index contributed by atoms with van der Waals surface area (Å²) >= 11 is 0. The number of nitrogens with two attached hydrogens (primary N) is 1. The zero-order valence-electron chi connectivity index (χ0n) is 12.4. The maximum Gasteiger partial charge on any atom is 0.251 e. The number of ether oxygens (including phenoxy) is 1. The Morgan fingerprint density at radius 1 is 1.42 bits per heavy atom. The van der Waals surface area contributed by atoms with Gasteiger partial charge < -0.3 is 15.8 Å². The molecular formula is C15H24N2O2. The van der Waals surface area contributed by atoms with E-state index < -0.39 is 0 Å². The molecule has 1 aromatic carbocycles. The third-order valence-corrected chi connectivity index (χ3v) is 3.20. The van der Waals surface area contributed by atoms with Crippen LogP contribution in [0.5, 0.6) is 0 Å². The number of hydrogen-bond acceptors (Lipinski definition) is 3. The van der Waals surface area contributed by atoms with Crippen LogP contribution in [0.25, 0.3) is 0 Å². The van der Waals surface area contributed by atoms with E-state index in [1.54, 1.807) is 19.2 Å². The highest BCUT2D eigenvalue weighted by atomic mass is 16.5. The summed E-state index contributed by atoms with van der Waals surface area (Å²) in [6, 6.07) is 5.34. The third-order valence-electron chi connectivity index (χ3n) is 3.20. The Balaban J connectivity index is 2.73. The highest BCUT2D eigenvalue weighted by Crippen LogP contribution is 2.21. The second-order valence-electron chi connectivity index (χ2n) is 5.87. The Bertz CT molecular complexity index is 450. The van der Waals surface area contributed by atoms with Crippen molar-refractivity contribution >= 4 is 11.6 Å². The summed E-state index contributed by atoms with van der Waals surface area (Å²) < 4.78 is 5.42. The predicted molar refractivity (Wildman–Crippen MR) is 78.2 cm³/mol. The molecule has 0 spiro atoms. The molecule has 4 nitrogen and oxygen atoms in total. The molecule has 0 radical (unpaired) electrons. The molecule has 4 heteroatoms. The molecule has 3 N–H and O–H groups in total. The monoisotopic (exact) mass is 264 g/mol. The SMILES string of the molecule is COC(CNC(=O)c1cc(N)ccc1C)C(C)(C)C. The van der Waals surface area contributed by atoms with Crippen molar-refractivity contribution in [2.24, 2.45) is 5.41 Å². The molecule has 1 unspecified atom stereocenters. The maximum absolute atomic E-state index is 12.1. The quantitative estimate of drug-likeness (QED) is 0.821. The fourth-order valence-corrected chi connectivity index (χ4v) is 1.91. The molecule has 1 rings (SSSR count). The minimum atomic E-state index is -0.115. The van der Waals surface area contributed by atoms with Crippen molar-refractivity contribution in [3.05, 3.63) is 29.3 Å². The van der Waals surface area contributed by atoms with E-state index in [-0.39, 0.29) is 17.4 Å². The minimum Gasteiger partial charge on any atom is -0.399 e. The number of carbonyl (C=O) groups is 1. The summed E-state index contributed by atoms with van der Waals surface area (Å²) in [5.74, 6) is -0.115. The van der Waals surface area contributed by atoms with Crippen LogP contribution in [0, 0.1) is 12.3 Å². The van der Waals surface area contributed by atoms with Crippen molar-refractivity contribution in [2.45, 2.75) is 33.8 Å². The number of anilines is 1. The molecule has 0 aliphatic rings. The maximum atomic E-state index is 12.1. The topological polar surface area (TPSA) is 64.3 Å². The van der Waals surface area contributed by atoms with Crippen LogP contribution >= 0.6 is 0 Å². The molecule has 19 heavy (non-hydrogen) atoms. The Morgan fingerprint density at radius 3 is 2.58 bits per heavy atom. The lowest BCUT2D eigenvalue weighted by Crippen LogP contribution is -2.40. The van der Waals surface area contributed by atoms with Gasteiger partial charge in [-0.3, -0.25) is 4.79 Å². The second-order valence-corrected chi connectivity index (χ2v) is 5.87. The summed E-state index contributed by atoms with van der Waals surface area (Å²) in [5, 5.41) is 2.91. The van der Waals surface area contributed by atoms with Gasteiger partial charge in [0.2, 0.25) is 0 Å². The van der Waals surface area contributed by atoms with Gasteiger partial charge in [0, 0.05) is 24.9 Å². The predicted octanol–water partition coefficient (Wildman–Crippen LogP) is 2.37. The van der Waals surface area contributed by atoms with Gasteiger partial charge in [-0.2, -0.15) is 0 Å². The number of nitrogens with one attached hydrogen (secondary N) is 1. The molecular weight excluding hydrogens is 240 g/mol. The number of rotatable bonds is 4. The number of amides is 1. The van der Waals surface area contributed by atoms with Crippen molar-refractivity contribution in [1.82, 2.24) is 5.32 Å². The van der Waals surface area contributed by atoms with Gasteiger partial charge in [0.25, 0.3) is 5.91 Å². The Morgan fingerprint density at radius 2 is 2.05 bits per heavy atom. The van der Waals surface area contributed by atoms with E-state index in [9.17, 15) is 4.79 Å². The molecule has 0 aromatic heterocycles. The minimum absolute atomic E-state index is 0.0210. The summed E-state index contributed by atoms with van der Waals surface area (Å²) in [5.41, 5.74) is 7.81. The number of aryl methyl sites for hydroxylation is 1. The molecule has 0 saturated carbocycles. The average molecular weight is 264 g/mol. The van der Waals surface area contributed by atoms with Crippen molar-refractivity contribution in [2.75, 3.05) is 19.4 Å². The van der Waals surface area contributed by atoms with Crippen LogP contribution in [0.2, 0.25) is 0 Å². The molecule has 1 aromatic rings. The van der Waals surface area contributed by atoms with Crippen LogP contribution in [-0.2, 0) is 4.74 Å². The van der Waals surface area contributed by atoms with Gasteiger partial charge >= 0.3 is 0 Å². The van der Waals surface area contributed by atoms with Crippen molar-refractivity contribution < 1.29 is 9.53 Å². The first-order valence-electron chi connectivity index (χ1n) is 6.43. The lowest BCUT2D eigenvalue weighted by molar-refractivity contribution is 0.0176. The molecule has 0 aliphatic carbocycles. The van der Waals surface area contributed by atoms with Crippen LogP contribution in [0.4, 0.5) is 5.69 Å². The van der Waals surface area contributed by atoms with Crippen LogP contribution in [0.1, 0.15) is 36.7 Å². The standard InChI is InChI=1S/C15H24N2O2/c1-10-6-7-11(16)8-12(10)14(18)17-9-13(19-5)15(2,3)4/h6-8,13H,9,16H2,1-5H3,(H,17,18). The van der Waals surface area contributed by atoms with Gasteiger partial charge in [0.05, 0.1) is 6.10 Å². The number of benzene rings is 1. The van der Waals surface area contributed by atoms with Gasteiger partial charge in [-0.15, -0.1) is 0 Å². The molecule has 106 valence electrons. The number of carbonyl (C=O) groups excluding carboxylic acids is 1. The summed E-state index contributed by atoms with van der Waals surface area (Å²) in [4.78, 5) is 12.1. The Hall–Kier alpha value is -1.55. The van der Waals surface area contributed by atoms with Gasteiger partial charge in [-0.1, -0.05) is 26.8 Å². The fourth-order valence-electron chi connectivity index (χ4n) is 1.91.